The van der Waals surface area contributed by atoms with E-state index in [2.05, 4.69) is 27.7 Å². The van der Waals surface area contributed by atoms with E-state index in [4.69, 9.17) is 0 Å². The van der Waals surface area contributed by atoms with Gasteiger partial charge in [-0.2, -0.15) is 0 Å². The van der Waals surface area contributed by atoms with Crippen molar-refractivity contribution in [2.45, 2.75) is 66.2 Å². The number of rotatable bonds is 10. The molecule has 0 saturated carbocycles. The SMILES string of the molecule is Br.CCCCCCCC[PH](CC)(CC)CC. The first-order valence-corrected chi connectivity index (χ1v) is 10.1. The molecule has 0 aliphatic carbocycles. The molecule has 0 atom stereocenters. The van der Waals surface area contributed by atoms with Gasteiger partial charge in [-0.15, -0.1) is 17.0 Å². The van der Waals surface area contributed by atoms with E-state index >= 15 is 0 Å². The molecule has 0 heterocycles. The van der Waals surface area contributed by atoms with Gasteiger partial charge in [-0.3, -0.25) is 0 Å². The molecule has 0 aromatic rings. The van der Waals surface area contributed by atoms with E-state index in [1.807, 2.05) is 0 Å². The fourth-order valence-electron chi connectivity index (χ4n) is 2.56. The molecule has 0 spiro atoms. The van der Waals surface area contributed by atoms with Crippen molar-refractivity contribution in [3.8, 4) is 0 Å². The van der Waals surface area contributed by atoms with Gasteiger partial charge in [-0.1, -0.05) is 0 Å². The molecular weight excluding hydrogens is 279 g/mol. The molecule has 0 rings (SSSR count). The van der Waals surface area contributed by atoms with Crippen LogP contribution >= 0.6 is 24.2 Å². The first-order chi connectivity index (χ1) is 7.24. The number of halogens is 1. The van der Waals surface area contributed by atoms with Gasteiger partial charge in [0.1, 0.15) is 0 Å². The molecule has 0 aromatic heterocycles. The maximum absolute atomic E-state index is 2.43. The predicted molar refractivity (Wildman–Crippen MR) is 88.5 cm³/mol. The molecule has 16 heavy (non-hydrogen) atoms. The second-order valence-electron chi connectivity index (χ2n) is 5.08. The molecule has 0 aliphatic rings. The van der Waals surface area contributed by atoms with Crippen LogP contribution in [0.1, 0.15) is 66.2 Å². The fourth-order valence-corrected chi connectivity index (χ4v) is 6.12. The third-order valence-corrected chi connectivity index (χ3v) is 10.2. The molecule has 0 nitrogen and oxygen atoms in total. The fraction of sp³-hybridized carbons (Fsp3) is 1.00. The van der Waals surface area contributed by atoms with Gasteiger partial charge in [0.05, 0.1) is 0 Å². The van der Waals surface area contributed by atoms with Crippen molar-refractivity contribution in [1.29, 1.82) is 0 Å². The number of unbranched alkanes of at least 4 members (excludes halogenated alkanes) is 5. The Balaban J connectivity index is 0. The van der Waals surface area contributed by atoms with Gasteiger partial charge in [-0.25, -0.2) is 0 Å². The molecule has 0 unspecified atom stereocenters. The summed E-state index contributed by atoms with van der Waals surface area (Å²) in [6, 6.07) is 0. The van der Waals surface area contributed by atoms with Gasteiger partial charge in [0.15, 0.2) is 0 Å². The van der Waals surface area contributed by atoms with Crippen LogP contribution in [0, 0.1) is 0 Å². The predicted octanol–water partition coefficient (Wildman–Crippen LogP) is 5.73. The summed E-state index contributed by atoms with van der Waals surface area (Å²) in [4.78, 5) is 0. The van der Waals surface area contributed by atoms with Crippen molar-refractivity contribution < 1.29 is 0 Å². The average molecular weight is 313 g/mol. The van der Waals surface area contributed by atoms with Crippen LogP contribution in [0.15, 0.2) is 0 Å². The van der Waals surface area contributed by atoms with Crippen LogP contribution in [0.4, 0.5) is 0 Å². The van der Waals surface area contributed by atoms with Crippen LogP contribution in [0.5, 0.6) is 0 Å². The Morgan fingerprint density at radius 3 is 1.50 bits per heavy atom. The second-order valence-corrected chi connectivity index (χ2v) is 10.7. The Labute approximate surface area is 115 Å². The zero-order valence-corrected chi connectivity index (χ0v) is 14.7. The Morgan fingerprint density at radius 2 is 1.06 bits per heavy atom. The minimum atomic E-state index is -0.786. The topological polar surface area (TPSA) is 0 Å². The van der Waals surface area contributed by atoms with Crippen LogP contribution in [0.25, 0.3) is 0 Å². The monoisotopic (exact) mass is 312 g/mol. The molecule has 0 aliphatic heterocycles. The van der Waals surface area contributed by atoms with Gasteiger partial charge < -0.3 is 0 Å². The van der Waals surface area contributed by atoms with Crippen molar-refractivity contribution in [3.05, 3.63) is 0 Å². The standard InChI is InChI=1S/C14H33P.BrH/c1-5-9-10-11-12-13-14-15(6-2,7-3)8-4;/h15H,5-14H2,1-4H3;1H. The Kier molecular flexibility index (Phi) is 14.9. The van der Waals surface area contributed by atoms with Gasteiger partial charge in [0.2, 0.25) is 0 Å². The molecule has 102 valence electrons. The van der Waals surface area contributed by atoms with Gasteiger partial charge in [0, 0.05) is 0 Å². The zero-order chi connectivity index (χ0) is 11.6. The summed E-state index contributed by atoms with van der Waals surface area (Å²) in [7, 11) is -0.786. The summed E-state index contributed by atoms with van der Waals surface area (Å²) < 4.78 is 0. The van der Waals surface area contributed by atoms with Crippen molar-refractivity contribution in [1.82, 2.24) is 0 Å². The molecule has 0 N–H and O–H groups in total. The van der Waals surface area contributed by atoms with E-state index in [0.717, 1.165) is 0 Å². The molecule has 0 amide bonds. The summed E-state index contributed by atoms with van der Waals surface area (Å²) >= 11 is 0. The summed E-state index contributed by atoms with van der Waals surface area (Å²) in [5.41, 5.74) is 0. The van der Waals surface area contributed by atoms with E-state index in [0.29, 0.717) is 0 Å². The third kappa shape index (κ3) is 8.07. The van der Waals surface area contributed by atoms with Crippen molar-refractivity contribution in [2.24, 2.45) is 0 Å². The third-order valence-electron chi connectivity index (χ3n) is 4.31. The van der Waals surface area contributed by atoms with E-state index < -0.39 is 7.26 Å². The molecule has 0 saturated heterocycles. The van der Waals surface area contributed by atoms with E-state index in [-0.39, 0.29) is 17.0 Å². The molecule has 0 radical (unpaired) electrons. The van der Waals surface area contributed by atoms with E-state index in [1.54, 1.807) is 6.16 Å². The summed E-state index contributed by atoms with van der Waals surface area (Å²) in [5, 5.41) is 0. The van der Waals surface area contributed by atoms with Crippen LogP contribution in [-0.4, -0.2) is 24.6 Å². The summed E-state index contributed by atoms with van der Waals surface area (Å²) in [6.07, 6.45) is 14.9. The minimum absolute atomic E-state index is 0. The molecule has 0 bridgehead atoms. The van der Waals surface area contributed by atoms with Crippen LogP contribution in [0.3, 0.4) is 0 Å². The number of hydrogen-bond donors (Lipinski definition) is 0. The molecule has 2 heteroatoms. The Morgan fingerprint density at radius 1 is 0.625 bits per heavy atom. The van der Waals surface area contributed by atoms with Crippen molar-refractivity contribution in [2.75, 3.05) is 24.6 Å². The normalized spacial score (nSPS) is 12.2. The molecular formula is C14H34BrP. The van der Waals surface area contributed by atoms with Gasteiger partial charge in [-0.05, 0) is 0 Å². The van der Waals surface area contributed by atoms with Crippen molar-refractivity contribution in [3.63, 3.8) is 0 Å². The van der Waals surface area contributed by atoms with Gasteiger partial charge >= 0.3 is 98.1 Å². The average Bonchev–Trinajstić information content (AvgIpc) is 2.29. The first kappa shape index (κ1) is 19.3. The summed E-state index contributed by atoms with van der Waals surface area (Å²) in [6.45, 7) is 9.58. The van der Waals surface area contributed by atoms with E-state index in [1.165, 1.54) is 57.0 Å². The maximum atomic E-state index is 2.43. The van der Waals surface area contributed by atoms with Crippen molar-refractivity contribution >= 4 is 24.2 Å². The molecule has 0 aromatic carbocycles. The van der Waals surface area contributed by atoms with Crippen LogP contribution in [-0.2, 0) is 0 Å². The number of hydrogen-bond acceptors (Lipinski definition) is 0. The zero-order valence-electron chi connectivity index (χ0n) is 12.0. The van der Waals surface area contributed by atoms with Crippen LogP contribution < -0.4 is 0 Å². The van der Waals surface area contributed by atoms with E-state index in [9.17, 15) is 0 Å². The first-order valence-electron chi connectivity index (χ1n) is 7.24. The van der Waals surface area contributed by atoms with Crippen LogP contribution in [0.2, 0.25) is 0 Å². The quantitative estimate of drug-likeness (QED) is 0.357. The Bertz CT molecular complexity index is 124. The molecule has 0 fully saturated rings. The summed E-state index contributed by atoms with van der Waals surface area (Å²) in [5.74, 6) is 0. The Hall–Kier alpha value is 0.910. The second kappa shape index (κ2) is 12.4. The van der Waals surface area contributed by atoms with Gasteiger partial charge in [0.25, 0.3) is 0 Å².